The van der Waals surface area contributed by atoms with Gasteiger partial charge in [-0.1, -0.05) is 30.3 Å². The molecule has 0 aliphatic heterocycles. The van der Waals surface area contributed by atoms with Crippen LogP contribution in [0.1, 0.15) is 15.9 Å². The van der Waals surface area contributed by atoms with Gasteiger partial charge in [0, 0.05) is 27.2 Å². The quantitative estimate of drug-likeness (QED) is 0.498. The second-order valence-electron chi connectivity index (χ2n) is 4.81. The highest BCUT2D eigenvalue weighted by Gasteiger charge is 2.11. The van der Waals surface area contributed by atoms with Crippen molar-refractivity contribution in [3.05, 3.63) is 69.4 Å². The van der Waals surface area contributed by atoms with Crippen LogP contribution in [0.15, 0.2) is 54.7 Å². The smallest absolute Gasteiger partial charge is 0.337 e. The third-order valence-electron chi connectivity index (χ3n) is 3.45. The molecule has 0 fully saturated rings. The summed E-state index contributed by atoms with van der Waals surface area (Å²) in [6.45, 7) is 0.817. The lowest BCUT2D eigenvalue weighted by Gasteiger charge is -2.06. The molecule has 0 aliphatic rings. The molecule has 3 nitrogen and oxygen atoms in total. The Balaban J connectivity index is 2.03. The largest absolute Gasteiger partial charge is 0.465 e. The summed E-state index contributed by atoms with van der Waals surface area (Å²) in [5.74, 6) is -0.302. The Morgan fingerprint density at radius 3 is 2.67 bits per heavy atom. The maximum absolute atomic E-state index is 11.6. The fraction of sp³-hybridized carbons (Fsp3) is 0.118. The topological polar surface area (TPSA) is 31.2 Å². The summed E-state index contributed by atoms with van der Waals surface area (Å²) < 4.78 is 8.11. The van der Waals surface area contributed by atoms with Crippen molar-refractivity contribution in [3.63, 3.8) is 0 Å². The molecular weight excluding hydrogens is 377 g/mol. The van der Waals surface area contributed by atoms with Crippen molar-refractivity contribution in [2.24, 2.45) is 0 Å². The average molecular weight is 391 g/mol. The van der Waals surface area contributed by atoms with Crippen LogP contribution in [0.25, 0.3) is 10.9 Å². The zero-order valence-electron chi connectivity index (χ0n) is 11.5. The van der Waals surface area contributed by atoms with Gasteiger partial charge in [0.25, 0.3) is 0 Å². The summed E-state index contributed by atoms with van der Waals surface area (Å²) >= 11 is 2.30. The number of halogens is 1. The summed E-state index contributed by atoms with van der Waals surface area (Å²) in [7, 11) is 1.40. The molecule has 0 bridgehead atoms. The molecule has 1 aromatic heterocycles. The first kappa shape index (κ1) is 14.1. The number of methoxy groups -OCH3 is 1. The van der Waals surface area contributed by atoms with Crippen molar-refractivity contribution in [2.45, 2.75) is 6.54 Å². The van der Waals surface area contributed by atoms with E-state index in [1.165, 1.54) is 12.7 Å². The van der Waals surface area contributed by atoms with Crippen LogP contribution in [-0.4, -0.2) is 17.6 Å². The van der Waals surface area contributed by atoms with Crippen molar-refractivity contribution >= 4 is 39.5 Å². The summed E-state index contributed by atoms with van der Waals surface area (Å²) in [4.78, 5) is 11.6. The van der Waals surface area contributed by atoms with Gasteiger partial charge in [-0.15, -0.1) is 0 Å². The second kappa shape index (κ2) is 5.89. The zero-order valence-corrected chi connectivity index (χ0v) is 13.7. The van der Waals surface area contributed by atoms with Crippen LogP contribution >= 0.6 is 22.6 Å². The predicted molar refractivity (Wildman–Crippen MR) is 91.5 cm³/mol. The SMILES string of the molecule is COC(=O)c1ccc2c(c1)c(I)cn2Cc1ccccc1. The molecule has 0 spiro atoms. The fourth-order valence-electron chi connectivity index (χ4n) is 2.41. The van der Waals surface area contributed by atoms with Gasteiger partial charge in [-0.05, 0) is 46.4 Å². The van der Waals surface area contributed by atoms with Gasteiger partial charge in [0.1, 0.15) is 0 Å². The zero-order chi connectivity index (χ0) is 14.8. The second-order valence-corrected chi connectivity index (χ2v) is 5.98. The van der Waals surface area contributed by atoms with Gasteiger partial charge in [0.05, 0.1) is 12.7 Å². The minimum absolute atomic E-state index is 0.302. The van der Waals surface area contributed by atoms with Crippen LogP contribution in [0.5, 0.6) is 0 Å². The molecule has 106 valence electrons. The van der Waals surface area contributed by atoms with Gasteiger partial charge < -0.3 is 9.30 Å². The molecule has 0 saturated carbocycles. The van der Waals surface area contributed by atoms with Gasteiger partial charge in [-0.2, -0.15) is 0 Å². The molecule has 0 radical (unpaired) electrons. The third-order valence-corrected chi connectivity index (χ3v) is 4.31. The highest BCUT2D eigenvalue weighted by molar-refractivity contribution is 14.1. The maximum Gasteiger partial charge on any atom is 0.337 e. The number of aromatic nitrogens is 1. The molecule has 0 amide bonds. The number of carbonyl (C=O) groups is 1. The van der Waals surface area contributed by atoms with Crippen LogP contribution < -0.4 is 0 Å². The molecule has 4 heteroatoms. The van der Waals surface area contributed by atoms with E-state index in [2.05, 4.69) is 45.5 Å². The number of ether oxygens (including phenoxy) is 1. The van der Waals surface area contributed by atoms with E-state index in [9.17, 15) is 4.79 Å². The molecular formula is C17H14INO2. The number of hydrogen-bond acceptors (Lipinski definition) is 2. The van der Waals surface area contributed by atoms with E-state index in [1.54, 1.807) is 0 Å². The normalized spacial score (nSPS) is 10.8. The minimum Gasteiger partial charge on any atom is -0.465 e. The molecule has 1 heterocycles. The first-order chi connectivity index (χ1) is 10.2. The summed E-state index contributed by atoms with van der Waals surface area (Å²) in [5, 5.41) is 1.08. The molecule has 21 heavy (non-hydrogen) atoms. The lowest BCUT2D eigenvalue weighted by atomic mass is 10.1. The van der Waals surface area contributed by atoms with Gasteiger partial charge in [0.15, 0.2) is 0 Å². The first-order valence-corrected chi connectivity index (χ1v) is 7.67. The number of carbonyl (C=O) groups excluding carboxylic acids is 1. The van der Waals surface area contributed by atoms with Crippen molar-refractivity contribution in [1.29, 1.82) is 0 Å². The van der Waals surface area contributed by atoms with Crippen LogP contribution in [-0.2, 0) is 11.3 Å². The van der Waals surface area contributed by atoms with Crippen LogP contribution in [0.3, 0.4) is 0 Å². The monoisotopic (exact) mass is 391 g/mol. The summed E-state index contributed by atoms with van der Waals surface area (Å²) in [6, 6.07) is 16.0. The number of esters is 1. The summed E-state index contributed by atoms with van der Waals surface area (Å²) in [5.41, 5.74) is 2.96. The molecule has 3 rings (SSSR count). The lowest BCUT2D eigenvalue weighted by molar-refractivity contribution is 0.0601. The van der Waals surface area contributed by atoms with E-state index in [4.69, 9.17) is 4.74 Å². The first-order valence-electron chi connectivity index (χ1n) is 6.59. The Kier molecular flexibility index (Phi) is 3.96. The highest BCUT2D eigenvalue weighted by atomic mass is 127. The van der Waals surface area contributed by atoms with Crippen molar-refractivity contribution in [3.8, 4) is 0 Å². The maximum atomic E-state index is 11.6. The van der Waals surface area contributed by atoms with E-state index in [-0.39, 0.29) is 5.97 Å². The van der Waals surface area contributed by atoms with Gasteiger partial charge >= 0.3 is 5.97 Å². The number of nitrogens with zero attached hydrogens (tertiary/aromatic N) is 1. The highest BCUT2D eigenvalue weighted by Crippen LogP contribution is 2.25. The number of rotatable bonds is 3. The van der Waals surface area contributed by atoms with Crippen LogP contribution in [0, 0.1) is 3.57 Å². The molecule has 0 atom stereocenters. The predicted octanol–water partition coefficient (Wildman–Crippen LogP) is 4.08. The van der Waals surface area contributed by atoms with Gasteiger partial charge in [-0.3, -0.25) is 0 Å². The van der Waals surface area contributed by atoms with Crippen LogP contribution in [0.2, 0.25) is 0 Å². The van der Waals surface area contributed by atoms with Crippen molar-refractivity contribution in [2.75, 3.05) is 7.11 Å². The van der Waals surface area contributed by atoms with E-state index < -0.39 is 0 Å². The lowest BCUT2D eigenvalue weighted by Crippen LogP contribution is -2.01. The van der Waals surface area contributed by atoms with Gasteiger partial charge in [-0.25, -0.2) is 4.79 Å². The van der Waals surface area contributed by atoms with Gasteiger partial charge in [0.2, 0.25) is 0 Å². The minimum atomic E-state index is -0.302. The Labute approximate surface area is 136 Å². The Bertz CT molecular complexity index is 793. The third kappa shape index (κ3) is 2.81. The van der Waals surface area contributed by atoms with Crippen molar-refractivity contribution < 1.29 is 9.53 Å². The fourth-order valence-corrected chi connectivity index (χ4v) is 3.18. The number of benzene rings is 2. The molecule has 0 N–H and O–H groups in total. The van der Waals surface area contributed by atoms with E-state index in [0.717, 1.165) is 21.0 Å². The summed E-state index contributed by atoms with van der Waals surface area (Å²) in [6.07, 6.45) is 2.11. The molecule has 0 unspecified atom stereocenters. The van der Waals surface area contributed by atoms with Crippen molar-refractivity contribution in [1.82, 2.24) is 4.57 Å². The Morgan fingerprint density at radius 2 is 1.95 bits per heavy atom. The Morgan fingerprint density at radius 1 is 1.19 bits per heavy atom. The van der Waals surface area contributed by atoms with E-state index >= 15 is 0 Å². The van der Waals surface area contributed by atoms with E-state index in [1.807, 2.05) is 36.4 Å². The molecule has 3 aromatic rings. The molecule has 2 aromatic carbocycles. The molecule has 0 saturated heterocycles. The molecule has 0 aliphatic carbocycles. The van der Waals surface area contributed by atoms with E-state index in [0.29, 0.717) is 5.56 Å². The number of hydrogen-bond donors (Lipinski definition) is 0. The number of fused-ring (bicyclic) bond motifs is 1. The Hall–Kier alpha value is -1.82. The standard InChI is InChI=1S/C17H14INO2/c1-21-17(20)13-7-8-16-14(9-13)15(18)11-19(16)10-12-5-3-2-4-6-12/h2-9,11H,10H2,1H3. The van der Waals surface area contributed by atoms with Crippen LogP contribution in [0.4, 0.5) is 0 Å². The average Bonchev–Trinajstić information content (AvgIpc) is 2.83.